The van der Waals surface area contributed by atoms with Crippen LogP contribution in [0, 0.1) is 6.92 Å². The summed E-state index contributed by atoms with van der Waals surface area (Å²) in [6, 6.07) is 7.06. The molecule has 2 aromatic carbocycles. The van der Waals surface area contributed by atoms with Crippen molar-refractivity contribution in [1.29, 1.82) is 0 Å². The Hall–Kier alpha value is -3.03. The van der Waals surface area contributed by atoms with E-state index in [1.165, 1.54) is 24.0 Å². The molecule has 5 nitrogen and oxygen atoms in total. The standard InChI is InChI=1S/C22H22F3NO4/c1-6-26-17-11-15(12(2)9-19(17)29-21(4,5)20(26)28)16-10-14(13(3)27)7-8-18(16)30-22(23,24)25/h7-11H,6H2,1-5H3. The van der Waals surface area contributed by atoms with Crippen LogP contribution in [0.2, 0.25) is 0 Å². The number of likely N-dealkylation sites (N-methyl/N-ethyl adjacent to an activating group) is 1. The third kappa shape index (κ3) is 3.99. The summed E-state index contributed by atoms with van der Waals surface area (Å²) in [4.78, 5) is 26.1. The second kappa shape index (κ2) is 7.34. The third-order valence-corrected chi connectivity index (χ3v) is 4.94. The molecule has 0 fully saturated rings. The van der Waals surface area contributed by atoms with E-state index in [9.17, 15) is 22.8 Å². The van der Waals surface area contributed by atoms with Gasteiger partial charge in [0.1, 0.15) is 11.5 Å². The monoisotopic (exact) mass is 421 g/mol. The number of ketones is 1. The van der Waals surface area contributed by atoms with Crippen LogP contribution in [0.4, 0.5) is 18.9 Å². The first kappa shape index (κ1) is 21.7. The number of anilines is 1. The number of Topliss-reactive ketones (excluding diaryl/α,β-unsaturated/α-hetero) is 1. The largest absolute Gasteiger partial charge is 0.573 e. The Labute approximate surface area is 172 Å². The fourth-order valence-corrected chi connectivity index (χ4v) is 3.49. The zero-order valence-corrected chi connectivity index (χ0v) is 17.3. The number of hydrogen-bond donors (Lipinski definition) is 0. The third-order valence-electron chi connectivity index (χ3n) is 4.94. The van der Waals surface area contributed by atoms with Crippen molar-refractivity contribution in [1.82, 2.24) is 0 Å². The number of ether oxygens (including phenoxy) is 2. The molecule has 2 aromatic rings. The van der Waals surface area contributed by atoms with E-state index in [-0.39, 0.29) is 22.8 Å². The first-order chi connectivity index (χ1) is 13.8. The zero-order chi connectivity index (χ0) is 22.4. The van der Waals surface area contributed by atoms with Gasteiger partial charge in [0, 0.05) is 17.7 Å². The number of aryl methyl sites for hydroxylation is 1. The SMILES string of the molecule is CCN1C(=O)C(C)(C)Oc2cc(C)c(-c3cc(C(C)=O)ccc3OC(F)(F)F)cc21. The van der Waals surface area contributed by atoms with Crippen molar-refractivity contribution in [2.24, 2.45) is 0 Å². The summed E-state index contributed by atoms with van der Waals surface area (Å²) in [5.41, 5.74) is 0.767. The highest BCUT2D eigenvalue weighted by atomic mass is 19.4. The molecule has 0 N–H and O–H groups in total. The quantitative estimate of drug-likeness (QED) is 0.630. The molecule has 8 heteroatoms. The lowest BCUT2D eigenvalue weighted by Crippen LogP contribution is -2.52. The Balaban J connectivity index is 2.24. The van der Waals surface area contributed by atoms with Crippen LogP contribution in [-0.4, -0.2) is 30.2 Å². The van der Waals surface area contributed by atoms with Crippen LogP contribution in [0.5, 0.6) is 11.5 Å². The molecule has 160 valence electrons. The molecule has 0 saturated heterocycles. The molecular weight excluding hydrogens is 399 g/mol. The predicted octanol–water partition coefficient (Wildman–Crippen LogP) is 5.29. The van der Waals surface area contributed by atoms with Gasteiger partial charge in [-0.1, -0.05) is 0 Å². The lowest BCUT2D eigenvalue weighted by atomic mass is 9.94. The van der Waals surface area contributed by atoms with E-state index in [0.717, 1.165) is 6.07 Å². The van der Waals surface area contributed by atoms with Crippen LogP contribution >= 0.6 is 0 Å². The lowest BCUT2D eigenvalue weighted by molar-refractivity contribution is -0.274. The normalized spacial score (nSPS) is 15.5. The fourth-order valence-electron chi connectivity index (χ4n) is 3.49. The van der Waals surface area contributed by atoms with Gasteiger partial charge < -0.3 is 14.4 Å². The van der Waals surface area contributed by atoms with E-state index in [1.807, 2.05) is 0 Å². The highest BCUT2D eigenvalue weighted by Crippen LogP contribution is 2.44. The number of halogens is 3. The fraction of sp³-hybridized carbons (Fsp3) is 0.364. The molecule has 0 bridgehead atoms. The van der Waals surface area contributed by atoms with Gasteiger partial charge >= 0.3 is 6.36 Å². The number of carbonyl (C=O) groups excluding carboxylic acids is 2. The number of hydrogen-bond acceptors (Lipinski definition) is 4. The summed E-state index contributed by atoms with van der Waals surface area (Å²) in [7, 11) is 0. The van der Waals surface area contributed by atoms with Crippen molar-refractivity contribution < 1.29 is 32.2 Å². The second-order valence-corrected chi connectivity index (χ2v) is 7.61. The van der Waals surface area contributed by atoms with E-state index in [1.54, 1.807) is 39.8 Å². The lowest BCUT2D eigenvalue weighted by Gasteiger charge is -2.39. The summed E-state index contributed by atoms with van der Waals surface area (Å²) < 4.78 is 48.9. The highest BCUT2D eigenvalue weighted by Gasteiger charge is 2.41. The predicted molar refractivity (Wildman–Crippen MR) is 106 cm³/mol. The number of fused-ring (bicyclic) bond motifs is 1. The topological polar surface area (TPSA) is 55.8 Å². The second-order valence-electron chi connectivity index (χ2n) is 7.61. The van der Waals surface area contributed by atoms with Crippen LogP contribution in [0.25, 0.3) is 11.1 Å². The van der Waals surface area contributed by atoms with Gasteiger partial charge in [-0.05, 0) is 76.1 Å². The number of amides is 1. The molecule has 0 spiro atoms. The Morgan fingerprint density at radius 2 is 1.83 bits per heavy atom. The van der Waals surface area contributed by atoms with E-state index in [0.29, 0.717) is 29.1 Å². The summed E-state index contributed by atoms with van der Waals surface area (Å²) in [5.74, 6) is -0.511. The Morgan fingerprint density at radius 1 is 1.17 bits per heavy atom. The minimum absolute atomic E-state index is 0.105. The van der Waals surface area contributed by atoms with E-state index in [2.05, 4.69) is 4.74 Å². The number of nitrogens with zero attached hydrogens (tertiary/aromatic N) is 1. The van der Waals surface area contributed by atoms with Crippen LogP contribution in [0.1, 0.15) is 43.6 Å². The van der Waals surface area contributed by atoms with Gasteiger partial charge in [0.25, 0.3) is 5.91 Å². The average Bonchev–Trinajstić information content (AvgIpc) is 2.61. The number of rotatable bonds is 4. The van der Waals surface area contributed by atoms with Crippen LogP contribution in [-0.2, 0) is 4.79 Å². The van der Waals surface area contributed by atoms with Crippen molar-refractivity contribution in [3.63, 3.8) is 0 Å². The molecule has 0 saturated carbocycles. The van der Waals surface area contributed by atoms with Gasteiger partial charge in [-0.15, -0.1) is 13.2 Å². The molecular formula is C22H22F3NO4. The van der Waals surface area contributed by atoms with E-state index < -0.39 is 17.7 Å². The molecule has 1 aliphatic heterocycles. The molecule has 30 heavy (non-hydrogen) atoms. The first-order valence-electron chi connectivity index (χ1n) is 9.40. The molecule has 0 aromatic heterocycles. The van der Waals surface area contributed by atoms with Gasteiger partial charge in [0.05, 0.1) is 5.69 Å². The minimum Gasteiger partial charge on any atom is -0.476 e. The van der Waals surface area contributed by atoms with Crippen LogP contribution in [0.3, 0.4) is 0 Å². The first-order valence-corrected chi connectivity index (χ1v) is 9.40. The summed E-state index contributed by atoms with van der Waals surface area (Å²) >= 11 is 0. The summed E-state index contributed by atoms with van der Waals surface area (Å²) in [6.07, 6.45) is -4.90. The van der Waals surface area contributed by atoms with Crippen molar-refractivity contribution >= 4 is 17.4 Å². The van der Waals surface area contributed by atoms with Crippen molar-refractivity contribution in [2.75, 3.05) is 11.4 Å². The maximum Gasteiger partial charge on any atom is 0.573 e. The minimum atomic E-state index is -4.90. The van der Waals surface area contributed by atoms with Gasteiger partial charge in [-0.2, -0.15) is 0 Å². The number of benzene rings is 2. The molecule has 1 heterocycles. The smallest absolute Gasteiger partial charge is 0.476 e. The van der Waals surface area contributed by atoms with Crippen LogP contribution in [0.15, 0.2) is 30.3 Å². The average molecular weight is 421 g/mol. The van der Waals surface area contributed by atoms with Gasteiger partial charge in [0.15, 0.2) is 11.4 Å². The van der Waals surface area contributed by atoms with Gasteiger partial charge in [-0.25, -0.2) is 0 Å². The van der Waals surface area contributed by atoms with Crippen molar-refractivity contribution in [2.45, 2.75) is 46.6 Å². The molecule has 1 amide bonds. The van der Waals surface area contributed by atoms with E-state index in [4.69, 9.17) is 4.74 Å². The van der Waals surface area contributed by atoms with Gasteiger partial charge in [-0.3, -0.25) is 9.59 Å². The molecule has 0 aliphatic carbocycles. The Bertz CT molecular complexity index is 1030. The molecule has 3 rings (SSSR count). The van der Waals surface area contributed by atoms with Crippen molar-refractivity contribution in [3.05, 3.63) is 41.5 Å². The highest BCUT2D eigenvalue weighted by molar-refractivity contribution is 6.03. The molecule has 0 unspecified atom stereocenters. The maximum atomic E-state index is 13.0. The van der Waals surface area contributed by atoms with Crippen LogP contribution < -0.4 is 14.4 Å². The van der Waals surface area contributed by atoms with Crippen molar-refractivity contribution in [3.8, 4) is 22.6 Å². The number of carbonyl (C=O) groups is 2. The molecule has 0 atom stereocenters. The maximum absolute atomic E-state index is 13.0. The zero-order valence-electron chi connectivity index (χ0n) is 17.3. The Morgan fingerprint density at radius 3 is 2.40 bits per heavy atom. The van der Waals surface area contributed by atoms with Gasteiger partial charge in [0.2, 0.25) is 0 Å². The Kier molecular flexibility index (Phi) is 5.30. The van der Waals surface area contributed by atoms with E-state index >= 15 is 0 Å². The molecule has 0 radical (unpaired) electrons. The summed E-state index contributed by atoms with van der Waals surface area (Å²) in [5, 5.41) is 0. The molecule has 1 aliphatic rings. The summed E-state index contributed by atoms with van der Waals surface area (Å²) in [6.45, 7) is 8.54. The number of alkyl halides is 3.